The normalized spacial score (nSPS) is 11.2. The number of para-hydroxylation sites is 2. The molecule has 2 aromatic carbocycles. The SMILES string of the molecule is O=S(=O)(O)CS(=O)(=O)O.c1ccc(Nc2ccccc2)cc1. The minimum absolute atomic E-state index is 1.12. The van der Waals surface area contributed by atoms with E-state index >= 15 is 0 Å². The highest BCUT2D eigenvalue weighted by atomic mass is 32.3. The maximum Gasteiger partial charge on any atom is 0.281 e. The Kier molecular flexibility index (Phi) is 6.50. The van der Waals surface area contributed by atoms with E-state index in [9.17, 15) is 16.8 Å². The fourth-order valence-corrected chi connectivity index (χ4v) is 2.90. The molecular formula is C13H15NO6S2. The molecule has 2 rings (SSSR count). The molecular weight excluding hydrogens is 330 g/mol. The molecule has 3 N–H and O–H groups in total. The van der Waals surface area contributed by atoms with E-state index in [1.54, 1.807) is 0 Å². The third kappa shape index (κ3) is 9.08. The summed E-state index contributed by atoms with van der Waals surface area (Å²) >= 11 is 0. The zero-order valence-electron chi connectivity index (χ0n) is 11.3. The molecule has 0 unspecified atom stereocenters. The third-order valence-corrected chi connectivity index (χ3v) is 4.52. The zero-order valence-corrected chi connectivity index (χ0v) is 13.0. The third-order valence-electron chi connectivity index (χ3n) is 2.13. The van der Waals surface area contributed by atoms with Crippen LogP contribution in [0.25, 0.3) is 0 Å². The van der Waals surface area contributed by atoms with Crippen LogP contribution in [0.15, 0.2) is 60.7 Å². The quantitative estimate of drug-likeness (QED) is 0.726. The van der Waals surface area contributed by atoms with Crippen LogP contribution in [0.4, 0.5) is 11.4 Å². The van der Waals surface area contributed by atoms with Gasteiger partial charge in [0.05, 0.1) is 0 Å². The van der Waals surface area contributed by atoms with E-state index in [4.69, 9.17) is 9.11 Å². The number of benzene rings is 2. The molecule has 120 valence electrons. The highest BCUT2D eigenvalue weighted by Gasteiger charge is 2.15. The van der Waals surface area contributed by atoms with Crippen molar-refractivity contribution in [3.63, 3.8) is 0 Å². The number of hydrogen-bond acceptors (Lipinski definition) is 5. The minimum Gasteiger partial charge on any atom is -0.356 e. The molecule has 0 saturated carbocycles. The average Bonchev–Trinajstić information content (AvgIpc) is 2.37. The molecule has 0 fully saturated rings. The molecule has 0 atom stereocenters. The molecule has 0 aliphatic heterocycles. The van der Waals surface area contributed by atoms with Crippen LogP contribution in [0.3, 0.4) is 0 Å². The van der Waals surface area contributed by atoms with Gasteiger partial charge in [0.15, 0.2) is 0 Å². The molecule has 0 radical (unpaired) electrons. The summed E-state index contributed by atoms with van der Waals surface area (Å²) in [7, 11) is -9.24. The van der Waals surface area contributed by atoms with E-state index < -0.39 is 25.3 Å². The molecule has 0 amide bonds. The van der Waals surface area contributed by atoms with E-state index in [-0.39, 0.29) is 0 Å². The van der Waals surface area contributed by atoms with Gasteiger partial charge in [0.2, 0.25) is 5.08 Å². The van der Waals surface area contributed by atoms with Gasteiger partial charge in [-0.2, -0.15) is 16.8 Å². The molecule has 0 aliphatic carbocycles. The van der Waals surface area contributed by atoms with Crippen LogP contribution >= 0.6 is 0 Å². The first-order chi connectivity index (χ1) is 10.2. The van der Waals surface area contributed by atoms with Gasteiger partial charge in [-0.3, -0.25) is 9.11 Å². The Morgan fingerprint density at radius 3 is 1.23 bits per heavy atom. The predicted molar refractivity (Wildman–Crippen MR) is 84.1 cm³/mol. The molecule has 9 heteroatoms. The van der Waals surface area contributed by atoms with Gasteiger partial charge in [-0.15, -0.1) is 0 Å². The standard InChI is InChI=1S/C12H11N.CH4O6S2/c1-3-7-11(8-4-1)13-12-9-5-2-6-10-12;2-8(3,4)1-9(5,6)7/h1-10,13H;1H2,(H,2,3,4)(H,5,6,7). The Morgan fingerprint density at radius 2 is 1.00 bits per heavy atom. The van der Waals surface area contributed by atoms with Crippen LogP contribution in [0.2, 0.25) is 0 Å². The molecule has 0 spiro atoms. The van der Waals surface area contributed by atoms with E-state index in [0.29, 0.717) is 0 Å². The first kappa shape index (κ1) is 18.1. The molecule has 7 nitrogen and oxygen atoms in total. The van der Waals surface area contributed by atoms with Crippen molar-refractivity contribution in [3.05, 3.63) is 60.7 Å². The molecule has 0 aliphatic rings. The molecule has 0 bridgehead atoms. The van der Waals surface area contributed by atoms with Gasteiger partial charge in [-0.25, -0.2) is 0 Å². The van der Waals surface area contributed by atoms with Crippen molar-refractivity contribution in [3.8, 4) is 0 Å². The second kappa shape index (κ2) is 7.90. The highest BCUT2D eigenvalue weighted by molar-refractivity contribution is 8.02. The lowest BCUT2D eigenvalue weighted by Crippen LogP contribution is -2.13. The van der Waals surface area contributed by atoms with Crippen LogP contribution in [0.5, 0.6) is 0 Å². The Hall–Kier alpha value is -1.94. The van der Waals surface area contributed by atoms with Gasteiger partial charge in [0, 0.05) is 11.4 Å². The lowest BCUT2D eigenvalue weighted by Gasteiger charge is -2.04. The van der Waals surface area contributed by atoms with E-state index in [0.717, 1.165) is 11.4 Å². The van der Waals surface area contributed by atoms with E-state index in [2.05, 4.69) is 5.32 Å². The van der Waals surface area contributed by atoms with Crippen LogP contribution < -0.4 is 5.32 Å². The number of anilines is 2. The first-order valence-electron chi connectivity index (χ1n) is 5.93. The topological polar surface area (TPSA) is 121 Å². The van der Waals surface area contributed by atoms with Gasteiger partial charge < -0.3 is 5.32 Å². The van der Waals surface area contributed by atoms with Crippen molar-refractivity contribution in [2.45, 2.75) is 0 Å². The maximum atomic E-state index is 9.66. The summed E-state index contributed by atoms with van der Waals surface area (Å²) in [5.41, 5.74) is 2.24. The van der Waals surface area contributed by atoms with Gasteiger partial charge in [0.25, 0.3) is 20.2 Å². The van der Waals surface area contributed by atoms with Crippen molar-refractivity contribution in [2.75, 3.05) is 10.4 Å². The monoisotopic (exact) mass is 345 g/mol. The Morgan fingerprint density at radius 1 is 0.682 bits per heavy atom. The minimum atomic E-state index is -4.62. The predicted octanol–water partition coefficient (Wildman–Crippen LogP) is 2.15. The lowest BCUT2D eigenvalue weighted by atomic mass is 10.3. The van der Waals surface area contributed by atoms with Crippen molar-refractivity contribution in [1.29, 1.82) is 0 Å². The lowest BCUT2D eigenvalue weighted by molar-refractivity contribution is 0.471. The van der Waals surface area contributed by atoms with Crippen LogP contribution in [-0.4, -0.2) is 31.0 Å². The second-order valence-electron chi connectivity index (χ2n) is 4.14. The summed E-state index contributed by atoms with van der Waals surface area (Å²) < 4.78 is 54.2. The molecule has 0 heterocycles. The summed E-state index contributed by atoms with van der Waals surface area (Å²) in [5.74, 6) is 0. The van der Waals surface area contributed by atoms with E-state index in [1.165, 1.54) is 0 Å². The van der Waals surface area contributed by atoms with Gasteiger partial charge in [-0.05, 0) is 24.3 Å². The zero-order chi connectivity index (χ0) is 16.6. The van der Waals surface area contributed by atoms with Crippen LogP contribution in [-0.2, 0) is 20.2 Å². The maximum absolute atomic E-state index is 9.66. The summed E-state index contributed by atoms with van der Waals surface area (Å²) in [6, 6.07) is 20.3. The highest BCUT2D eigenvalue weighted by Crippen LogP contribution is 2.14. The van der Waals surface area contributed by atoms with Gasteiger partial charge in [0.1, 0.15) is 0 Å². The van der Waals surface area contributed by atoms with Gasteiger partial charge in [-0.1, -0.05) is 36.4 Å². The fraction of sp³-hybridized carbons (Fsp3) is 0.0769. The molecule has 0 aromatic heterocycles. The van der Waals surface area contributed by atoms with Crippen molar-refractivity contribution >= 4 is 31.6 Å². The summed E-state index contributed by atoms with van der Waals surface area (Å²) in [5, 5.41) is 1.65. The average molecular weight is 345 g/mol. The Balaban J connectivity index is 0.000000239. The summed E-state index contributed by atoms with van der Waals surface area (Å²) in [4.78, 5) is 0. The Bertz CT molecular complexity index is 706. The summed E-state index contributed by atoms with van der Waals surface area (Å²) in [6.07, 6.45) is 0. The first-order valence-corrected chi connectivity index (χ1v) is 9.15. The number of hydrogen-bond donors (Lipinski definition) is 3. The molecule has 2 aromatic rings. The molecule has 0 saturated heterocycles. The largest absolute Gasteiger partial charge is 0.356 e. The Labute approximate surface area is 129 Å². The van der Waals surface area contributed by atoms with Crippen LogP contribution in [0, 0.1) is 0 Å². The smallest absolute Gasteiger partial charge is 0.281 e. The fourth-order valence-electron chi connectivity index (χ4n) is 1.40. The number of nitrogens with one attached hydrogen (secondary N) is 1. The summed E-state index contributed by atoms with van der Waals surface area (Å²) in [6.45, 7) is 0. The van der Waals surface area contributed by atoms with Crippen LogP contribution in [0.1, 0.15) is 0 Å². The van der Waals surface area contributed by atoms with Gasteiger partial charge >= 0.3 is 0 Å². The van der Waals surface area contributed by atoms with Crippen molar-refractivity contribution < 1.29 is 25.9 Å². The van der Waals surface area contributed by atoms with E-state index in [1.807, 2.05) is 60.7 Å². The number of rotatable bonds is 4. The van der Waals surface area contributed by atoms with Crippen molar-refractivity contribution in [2.24, 2.45) is 0 Å². The second-order valence-corrected chi connectivity index (χ2v) is 7.41. The molecule has 22 heavy (non-hydrogen) atoms. The van der Waals surface area contributed by atoms with Crippen molar-refractivity contribution in [1.82, 2.24) is 0 Å².